The first-order valence-electron chi connectivity index (χ1n) is 8.26. The van der Waals surface area contributed by atoms with Gasteiger partial charge in [-0.2, -0.15) is 0 Å². The Labute approximate surface area is 142 Å². The van der Waals surface area contributed by atoms with Crippen LogP contribution in [-0.4, -0.2) is 37.1 Å². The molecule has 1 heterocycles. The topological polar surface area (TPSA) is 29.5 Å². The molecule has 1 saturated heterocycles. The average molecular weight is 327 g/mol. The van der Waals surface area contributed by atoms with Crippen molar-refractivity contribution in [2.24, 2.45) is 0 Å². The van der Waals surface area contributed by atoms with Crippen LogP contribution in [0.4, 0.5) is 4.39 Å². The molecule has 1 aliphatic rings. The number of hydrogen-bond donors (Lipinski definition) is 0. The van der Waals surface area contributed by atoms with Crippen LogP contribution in [0.2, 0.25) is 0 Å². The van der Waals surface area contributed by atoms with E-state index in [0.29, 0.717) is 17.7 Å². The summed E-state index contributed by atoms with van der Waals surface area (Å²) >= 11 is 0. The lowest BCUT2D eigenvalue weighted by Crippen LogP contribution is -2.38. The zero-order valence-corrected chi connectivity index (χ0v) is 14.1. The van der Waals surface area contributed by atoms with E-state index >= 15 is 0 Å². The highest BCUT2D eigenvalue weighted by Crippen LogP contribution is 2.25. The second-order valence-corrected chi connectivity index (χ2v) is 6.29. The smallest absolute Gasteiger partial charge is 0.254 e. The first-order valence-corrected chi connectivity index (χ1v) is 8.26. The molecule has 2 aromatic rings. The summed E-state index contributed by atoms with van der Waals surface area (Å²) in [6, 6.07) is 12.7. The van der Waals surface area contributed by atoms with E-state index in [1.165, 1.54) is 6.07 Å². The molecule has 1 aliphatic heterocycles. The molecule has 1 atom stereocenters. The zero-order chi connectivity index (χ0) is 17.1. The van der Waals surface area contributed by atoms with E-state index in [9.17, 15) is 9.18 Å². The van der Waals surface area contributed by atoms with Crippen molar-refractivity contribution in [2.75, 3.05) is 20.3 Å². The van der Waals surface area contributed by atoms with Gasteiger partial charge in [0.05, 0.1) is 12.6 Å². The number of likely N-dealkylation sites (tertiary alicyclic amines) is 1. The lowest BCUT2D eigenvalue weighted by Gasteiger charge is -2.24. The van der Waals surface area contributed by atoms with Crippen molar-refractivity contribution in [1.29, 1.82) is 0 Å². The quantitative estimate of drug-likeness (QED) is 0.848. The highest BCUT2D eigenvalue weighted by Gasteiger charge is 2.29. The van der Waals surface area contributed by atoms with Crippen molar-refractivity contribution in [3.8, 4) is 11.1 Å². The molecule has 0 radical (unpaired) electrons. The number of carbonyl (C=O) groups is 1. The first-order chi connectivity index (χ1) is 11.6. The van der Waals surface area contributed by atoms with Crippen molar-refractivity contribution in [2.45, 2.75) is 25.8 Å². The van der Waals surface area contributed by atoms with Gasteiger partial charge in [-0.3, -0.25) is 4.79 Å². The predicted molar refractivity (Wildman–Crippen MR) is 92.5 cm³/mol. The second-order valence-electron chi connectivity index (χ2n) is 6.29. The molecule has 3 nitrogen and oxygen atoms in total. The Morgan fingerprint density at radius 3 is 2.79 bits per heavy atom. The monoisotopic (exact) mass is 327 g/mol. The van der Waals surface area contributed by atoms with Crippen molar-refractivity contribution in [1.82, 2.24) is 4.90 Å². The summed E-state index contributed by atoms with van der Waals surface area (Å²) in [7, 11) is 1.67. The number of carbonyl (C=O) groups excluding carboxylic acids is 1. The molecule has 4 heteroatoms. The molecule has 24 heavy (non-hydrogen) atoms. The van der Waals surface area contributed by atoms with Crippen LogP contribution in [0.25, 0.3) is 11.1 Å². The van der Waals surface area contributed by atoms with E-state index in [1.54, 1.807) is 20.1 Å². The molecular weight excluding hydrogens is 305 g/mol. The zero-order valence-electron chi connectivity index (χ0n) is 14.1. The first kappa shape index (κ1) is 16.7. The largest absolute Gasteiger partial charge is 0.383 e. The van der Waals surface area contributed by atoms with Crippen molar-refractivity contribution in [3.63, 3.8) is 0 Å². The van der Waals surface area contributed by atoms with Gasteiger partial charge in [-0.15, -0.1) is 0 Å². The fourth-order valence-electron chi connectivity index (χ4n) is 3.29. The van der Waals surface area contributed by atoms with Gasteiger partial charge in [0.2, 0.25) is 0 Å². The number of rotatable bonds is 4. The molecule has 126 valence electrons. The summed E-state index contributed by atoms with van der Waals surface area (Å²) in [5, 5.41) is 0. The number of methoxy groups -OCH3 is 1. The van der Waals surface area contributed by atoms with Gasteiger partial charge in [0.1, 0.15) is 5.82 Å². The maximum Gasteiger partial charge on any atom is 0.254 e. The van der Waals surface area contributed by atoms with Crippen LogP contribution in [0.15, 0.2) is 42.5 Å². The molecule has 0 bridgehead atoms. The fourth-order valence-corrected chi connectivity index (χ4v) is 3.29. The van der Waals surface area contributed by atoms with Gasteiger partial charge in [0, 0.05) is 19.2 Å². The highest BCUT2D eigenvalue weighted by molar-refractivity contribution is 5.95. The van der Waals surface area contributed by atoms with E-state index in [2.05, 4.69) is 0 Å². The normalized spacial score (nSPS) is 17.3. The molecule has 1 fully saturated rings. The Kier molecular flexibility index (Phi) is 4.95. The summed E-state index contributed by atoms with van der Waals surface area (Å²) in [4.78, 5) is 14.7. The van der Waals surface area contributed by atoms with Crippen molar-refractivity contribution < 1.29 is 13.9 Å². The van der Waals surface area contributed by atoms with Gasteiger partial charge < -0.3 is 9.64 Å². The third-order valence-electron chi connectivity index (χ3n) is 4.60. The van der Waals surface area contributed by atoms with Crippen molar-refractivity contribution >= 4 is 5.91 Å². The highest BCUT2D eigenvalue weighted by atomic mass is 19.1. The lowest BCUT2D eigenvalue weighted by atomic mass is 10.0. The number of aryl methyl sites for hydroxylation is 1. The van der Waals surface area contributed by atoms with E-state index in [0.717, 1.165) is 30.5 Å². The van der Waals surface area contributed by atoms with Crippen LogP contribution in [0.1, 0.15) is 28.8 Å². The SMILES string of the molecule is COC[C@@H]1CCCN1C(=O)c1cccc(-c2ccc(F)c(C)c2)c1. The minimum atomic E-state index is -0.217. The Morgan fingerprint density at radius 1 is 1.25 bits per heavy atom. The van der Waals surface area contributed by atoms with E-state index in [-0.39, 0.29) is 17.8 Å². The van der Waals surface area contributed by atoms with Gasteiger partial charge in [0.25, 0.3) is 5.91 Å². The molecule has 0 aliphatic carbocycles. The molecular formula is C20H22FNO2. The van der Waals surface area contributed by atoms with E-state index in [1.807, 2.05) is 35.2 Å². The number of nitrogens with zero attached hydrogens (tertiary/aromatic N) is 1. The number of hydrogen-bond acceptors (Lipinski definition) is 2. The van der Waals surface area contributed by atoms with Crippen molar-refractivity contribution in [3.05, 3.63) is 59.4 Å². The number of halogens is 1. The Balaban J connectivity index is 1.87. The Morgan fingerprint density at radius 2 is 2.04 bits per heavy atom. The van der Waals surface area contributed by atoms with Gasteiger partial charge in [0.15, 0.2) is 0 Å². The van der Waals surface area contributed by atoms with Crippen LogP contribution < -0.4 is 0 Å². The summed E-state index contributed by atoms with van der Waals surface area (Å²) in [5.74, 6) is -0.180. The number of ether oxygens (including phenoxy) is 1. The molecule has 1 amide bonds. The molecule has 0 unspecified atom stereocenters. The minimum Gasteiger partial charge on any atom is -0.383 e. The van der Waals surface area contributed by atoms with Gasteiger partial charge in [-0.25, -0.2) is 4.39 Å². The molecule has 0 N–H and O–H groups in total. The second kappa shape index (κ2) is 7.14. The summed E-state index contributed by atoms with van der Waals surface area (Å²) in [5.41, 5.74) is 3.10. The third-order valence-corrected chi connectivity index (χ3v) is 4.60. The predicted octanol–water partition coefficient (Wildman–Crippen LogP) is 4.05. The summed E-state index contributed by atoms with van der Waals surface area (Å²) < 4.78 is 18.7. The standard InChI is InChI=1S/C20H22FNO2/c1-14-11-16(8-9-19(14)21)15-5-3-6-17(12-15)20(23)22-10-4-7-18(22)13-24-2/h3,5-6,8-9,11-12,18H,4,7,10,13H2,1-2H3/t18-/m0/s1. The maximum atomic E-state index is 13.5. The van der Waals surface area contributed by atoms with Gasteiger partial charge in [-0.1, -0.05) is 18.2 Å². The lowest BCUT2D eigenvalue weighted by molar-refractivity contribution is 0.0630. The maximum absolute atomic E-state index is 13.5. The van der Waals surface area contributed by atoms with Gasteiger partial charge >= 0.3 is 0 Å². The molecule has 0 spiro atoms. The van der Waals surface area contributed by atoms with Crippen LogP contribution in [0.3, 0.4) is 0 Å². The third kappa shape index (κ3) is 3.34. The molecule has 0 saturated carbocycles. The molecule has 0 aromatic heterocycles. The van der Waals surface area contributed by atoms with Crippen LogP contribution in [0.5, 0.6) is 0 Å². The molecule has 2 aromatic carbocycles. The van der Waals surface area contributed by atoms with Crippen LogP contribution in [0, 0.1) is 12.7 Å². The van der Waals surface area contributed by atoms with Gasteiger partial charge in [-0.05, 0) is 60.7 Å². The fraction of sp³-hybridized carbons (Fsp3) is 0.350. The summed E-state index contributed by atoms with van der Waals surface area (Å²) in [6.45, 7) is 3.09. The van der Waals surface area contributed by atoms with Crippen LogP contribution in [-0.2, 0) is 4.74 Å². The molecule has 3 rings (SSSR count). The van der Waals surface area contributed by atoms with E-state index < -0.39 is 0 Å². The number of benzene rings is 2. The number of amides is 1. The summed E-state index contributed by atoms with van der Waals surface area (Å²) in [6.07, 6.45) is 1.99. The van der Waals surface area contributed by atoms with E-state index in [4.69, 9.17) is 4.74 Å². The van der Waals surface area contributed by atoms with Crippen LogP contribution >= 0.6 is 0 Å². The Hall–Kier alpha value is -2.20. The minimum absolute atomic E-state index is 0.0373. The average Bonchev–Trinajstić information content (AvgIpc) is 3.05. The Bertz CT molecular complexity index is 744.